The molecular formula is C18H17N3O2. The van der Waals surface area contributed by atoms with Crippen LogP contribution in [0, 0.1) is 0 Å². The van der Waals surface area contributed by atoms with Gasteiger partial charge in [0.1, 0.15) is 11.6 Å². The van der Waals surface area contributed by atoms with E-state index in [1.54, 1.807) is 0 Å². The molecule has 0 fully saturated rings. The van der Waals surface area contributed by atoms with Gasteiger partial charge in [0, 0.05) is 19.4 Å². The zero-order valence-corrected chi connectivity index (χ0v) is 12.6. The van der Waals surface area contributed by atoms with E-state index in [0.717, 1.165) is 28.2 Å². The Hall–Kier alpha value is -2.82. The zero-order chi connectivity index (χ0) is 15.6. The van der Waals surface area contributed by atoms with E-state index < -0.39 is 6.10 Å². The highest BCUT2D eigenvalue weighted by atomic mass is 16.5. The summed E-state index contributed by atoms with van der Waals surface area (Å²) in [6, 6.07) is 15.7. The number of rotatable bonds is 4. The molecule has 1 unspecified atom stereocenters. The van der Waals surface area contributed by atoms with Crippen LogP contribution in [0.2, 0.25) is 0 Å². The van der Waals surface area contributed by atoms with Gasteiger partial charge in [0.2, 0.25) is 0 Å². The van der Waals surface area contributed by atoms with Crippen molar-refractivity contribution in [3.8, 4) is 5.75 Å². The van der Waals surface area contributed by atoms with Crippen molar-refractivity contribution in [3.63, 3.8) is 0 Å². The van der Waals surface area contributed by atoms with Crippen molar-refractivity contribution in [3.05, 3.63) is 59.9 Å². The Morgan fingerprint density at radius 1 is 1.22 bits per heavy atom. The molecule has 2 heterocycles. The Bertz CT molecular complexity index is 798. The number of imidazole rings is 1. The van der Waals surface area contributed by atoms with Gasteiger partial charge < -0.3 is 15.0 Å². The monoisotopic (exact) mass is 307 g/mol. The van der Waals surface area contributed by atoms with Crippen molar-refractivity contribution in [2.24, 2.45) is 0 Å². The van der Waals surface area contributed by atoms with E-state index in [1.807, 2.05) is 48.5 Å². The van der Waals surface area contributed by atoms with Crippen LogP contribution >= 0.6 is 0 Å². The van der Waals surface area contributed by atoms with E-state index in [9.17, 15) is 4.79 Å². The number of para-hydroxylation sites is 3. The molecule has 5 heteroatoms. The summed E-state index contributed by atoms with van der Waals surface area (Å²) in [6.07, 6.45) is 0.871. The van der Waals surface area contributed by atoms with Gasteiger partial charge in [-0.1, -0.05) is 30.3 Å². The summed E-state index contributed by atoms with van der Waals surface area (Å²) in [5.74, 6) is 1.62. The first-order valence-electron chi connectivity index (χ1n) is 7.75. The summed E-state index contributed by atoms with van der Waals surface area (Å²) in [7, 11) is 0. The highest BCUT2D eigenvalue weighted by Crippen LogP contribution is 2.28. The summed E-state index contributed by atoms with van der Waals surface area (Å²) >= 11 is 0. The normalized spacial score (nSPS) is 16.1. The number of benzene rings is 2. The summed E-state index contributed by atoms with van der Waals surface area (Å²) in [5, 5.41) is 2.93. The van der Waals surface area contributed by atoms with E-state index in [2.05, 4.69) is 15.3 Å². The highest BCUT2D eigenvalue weighted by Gasteiger charge is 2.28. The molecule has 2 aromatic carbocycles. The van der Waals surface area contributed by atoms with Crippen LogP contribution in [0.25, 0.3) is 11.0 Å². The first-order chi connectivity index (χ1) is 11.3. The number of carbonyl (C=O) groups excluding carboxylic acids is 1. The van der Waals surface area contributed by atoms with Gasteiger partial charge in [-0.15, -0.1) is 0 Å². The van der Waals surface area contributed by atoms with Crippen LogP contribution < -0.4 is 10.1 Å². The van der Waals surface area contributed by atoms with Crippen LogP contribution in [0.5, 0.6) is 5.75 Å². The van der Waals surface area contributed by atoms with Crippen molar-refractivity contribution in [2.75, 3.05) is 6.54 Å². The molecule has 0 aliphatic carbocycles. The number of hydrogen-bond donors (Lipinski definition) is 2. The third-order valence-corrected chi connectivity index (χ3v) is 4.04. The number of ether oxygens (including phenoxy) is 1. The smallest absolute Gasteiger partial charge is 0.261 e. The molecule has 0 saturated carbocycles. The fraction of sp³-hybridized carbons (Fsp3) is 0.222. The zero-order valence-electron chi connectivity index (χ0n) is 12.6. The number of hydrogen-bond acceptors (Lipinski definition) is 3. The van der Waals surface area contributed by atoms with E-state index in [4.69, 9.17) is 4.74 Å². The molecule has 23 heavy (non-hydrogen) atoms. The van der Waals surface area contributed by atoms with Crippen molar-refractivity contribution < 1.29 is 9.53 Å². The minimum atomic E-state index is -0.428. The summed E-state index contributed by atoms with van der Waals surface area (Å²) < 4.78 is 5.68. The second-order valence-electron chi connectivity index (χ2n) is 5.66. The lowest BCUT2D eigenvalue weighted by atomic mass is 10.1. The van der Waals surface area contributed by atoms with Crippen LogP contribution in [0.1, 0.15) is 11.4 Å². The van der Waals surface area contributed by atoms with Crippen molar-refractivity contribution in [1.29, 1.82) is 0 Å². The first kappa shape index (κ1) is 13.8. The third kappa shape index (κ3) is 2.77. The molecule has 0 spiro atoms. The molecule has 116 valence electrons. The van der Waals surface area contributed by atoms with Gasteiger partial charge in [0.15, 0.2) is 6.10 Å². The minimum Gasteiger partial charge on any atom is -0.480 e. The van der Waals surface area contributed by atoms with Crippen LogP contribution in [-0.2, 0) is 17.6 Å². The van der Waals surface area contributed by atoms with E-state index in [-0.39, 0.29) is 5.91 Å². The quantitative estimate of drug-likeness (QED) is 0.776. The van der Waals surface area contributed by atoms with Crippen molar-refractivity contribution >= 4 is 16.9 Å². The number of nitrogens with one attached hydrogen (secondary N) is 2. The lowest BCUT2D eigenvalue weighted by Gasteiger charge is -2.10. The molecule has 1 atom stereocenters. The van der Waals surface area contributed by atoms with E-state index in [0.29, 0.717) is 19.4 Å². The lowest BCUT2D eigenvalue weighted by Crippen LogP contribution is -2.38. The maximum Gasteiger partial charge on any atom is 0.261 e. The number of nitrogens with zero attached hydrogens (tertiary/aromatic N) is 1. The van der Waals surface area contributed by atoms with Crippen LogP contribution in [0.3, 0.4) is 0 Å². The predicted molar refractivity (Wildman–Crippen MR) is 87.4 cm³/mol. The molecule has 0 saturated heterocycles. The second-order valence-corrected chi connectivity index (χ2v) is 5.66. The molecule has 5 nitrogen and oxygen atoms in total. The van der Waals surface area contributed by atoms with Gasteiger partial charge in [-0.3, -0.25) is 4.79 Å². The van der Waals surface area contributed by atoms with Crippen molar-refractivity contribution in [1.82, 2.24) is 15.3 Å². The average Bonchev–Trinajstić information content (AvgIpc) is 3.18. The Labute approximate surface area is 133 Å². The van der Waals surface area contributed by atoms with Gasteiger partial charge >= 0.3 is 0 Å². The second kappa shape index (κ2) is 5.76. The molecule has 4 rings (SSSR count). The first-order valence-corrected chi connectivity index (χ1v) is 7.75. The summed E-state index contributed by atoms with van der Waals surface area (Å²) in [4.78, 5) is 20.0. The maximum atomic E-state index is 12.2. The molecule has 0 radical (unpaired) electrons. The Morgan fingerprint density at radius 3 is 2.91 bits per heavy atom. The van der Waals surface area contributed by atoms with E-state index >= 15 is 0 Å². The third-order valence-electron chi connectivity index (χ3n) is 4.04. The van der Waals surface area contributed by atoms with Gasteiger partial charge in [0.05, 0.1) is 11.0 Å². The number of amides is 1. The van der Waals surface area contributed by atoms with Crippen molar-refractivity contribution in [2.45, 2.75) is 18.9 Å². The topological polar surface area (TPSA) is 67.0 Å². The molecule has 1 aliphatic rings. The summed E-state index contributed by atoms with van der Waals surface area (Å²) in [6.45, 7) is 0.537. The number of carbonyl (C=O) groups is 1. The largest absolute Gasteiger partial charge is 0.480 e. The fourth-order valence-electron chi connectivity index (χ4n) is 2.87. The number of aromatic nitrogens is 2. The van der Waals surface area contributed by atoms with Crippen LogP contribution in [-0.4, -0.2) is 28.5 Å². The Morgan fingerprint density at radius 2 is 2.04 bits per heavy atom. The average molecular weight is 307 g/mol. The SMILES string of the molecule is O=C(NCCc1nc2ccccc2[nH]1)C1Cc2ccccc2O1. The number of aromatic amines is 1. The Balaban J connectivity index is 1.32. The molecule has 3 aromatic rings. The van der Waals surface area contributed by atoms with Crippen LogP contribution in [0.4, 0.5) is 0 Å². The highest BCUT2D eigenvalue weighted by molar-refractivity contribution is 5.82. The van der Waals surface area contributed by atoms with Gasteiger partial charge in [0.25, 0.3) is 5.91 Å². The maximum absolute atomic E-state index is 12.2. The molecule has 1 aromatic heterocycles. The molecule has 1 aliphatic heterocycles. The summed E-state index contributed by atoms with van der Waals surface area (Å²) in [5.41, 5.74) is 3.05. The molecular weight excluding hydrogens is 290 g/mol. The minimum absolute atomic E-state index is 0.0719. The van der Waals surface area contributed by atoms with Gasteiger partial charge in [-0.05, 0) is 23.8 Å². The Kier molecular flexibility index (Phi) is 3.46. The van der Waals surface area contributed by atoms with E-state index in [1.165, 1.54) is 0 Å². The predicted octanol–water partition coefficient (Wildman–Crippen LogP) is 2.23. The van der Waals surface area contributed by atoms with Gasteiger partial charge in [-0.2, -0.15) is 0 Å². The van der Waals surface area contributed by atoms with Crippen LogP contribution in [0.15, 0.2) is 48.5 Å². The fourth-order valence-corrected chi connectivity index (χ4v) is 2.87. The molecule has 2 N–H and O–H groups in total. The number of H-pyrrole nitrogens is 1. The number of fused-ring (bicyclic) bond motifs is 2. The molecule has 1 amide bonds. The van der Waals surface area contributed by atoms with Gasteiger partial charge in [-0.25, -0.2) is 4.98 Å². The lowest BCUT2D eigenvalue weighted by molar-refractivity contribution is -0.127. The standard InChI is InChI=1S/C18H17N3O2/c22-18(16-11-12-5-1-4-8-15(12)23-16)19-10-9-17-20-13-6-2-3-7-14(13)21-17/h1-8,16H,9-11H2,(H,19,22)(H,20,21). The molecule has 0 bridgehead atoms.